The van der Waals surface area contributed by atoms with Crippen LogP contribution in [0, 0.1) is 0 Å². The van der Waals surface area contributed by atoms with Crippen LogP contribution >= 0.6 is 0 Å². The van der Waals surface area contributed by atoms with Gasteiger partial charge in [0.1, 0.15) is 5.75 Å². The van der Waals surface area contributed by atoms with Gasteiger partial charge in [-0.2, -0.15) is 5.10 Å². The summed E-state index contributed by atoms with van der Waals surface area (Å²) in [5.74, 6) is 1.48. The first-order valence-electron chi connectivity index (χ1n) is 6.66. The lowest BCUT2D eigenvalue weighted by atomic mass is 10.2. The second-order valence-corrected chi connectivity index (χ2v) is 4.94. The highest BCUT2D eigenvalue weighted by atomic mass is 16.5. The summed E-state index contributed by atoms with van der Waals surface area (Å²) in [7, 11) is 0. The molecule has 0 aliphatic carbocycles. The van der Waals surface area contributed by atoms with E-state index in [2.05, 4.69) is 11.7 Å². The van der Waals surface area contributed by atoms with E-state index in [0.29, 0.717) is 5.76 Å². The van der Waals surface area contributed by atoms with Gasteiger partial charge >= 0.3 is 0 Å². The summed E-state index contributed by atoms with van der Waals surface area (Å²) >= 11 is 0. The van der Waals surface area contributed by atoms with Crippen molar-refractivity contribution in [2.45, 2.75) is 32.4 Å². The molecular weight excluding hydrogens is 240 g/mol. The Kier molecular flexibility index (Phi) is 3.25. The van der Waals surface area contributed by atoms with Crippen molar-refractivity contribution in [3.63, 3.8) is 0 Å². The van der Waals surface area contributed by atoms with E-state index in [0.717, 1.165) is 36.1 Å². The summed E-state index contributed by atoms with van der Waals surface area (Å²) in [6.45, 7) is 6.41. The van der Waals surface area contributed by atoms with E-state index in [-0.39, 0.29) is 6.23 Å². The fourth-order valence-electron chi connectivity index (χ4n) is 2.44. The molecule has 1 aliphatic rings. The van der Waals surface area contributed by atoms with Crippen LogP contribution in [-0.2, 0) is 4.74 Å². The minimum atomic E-state index is 0.0687. The second-order valence-electron chi connectivity index (χ2n) is 4.94. The molecule has 3 rings (SSSR count). The first-order chi connectivity index (χ1) is 9.24. The fourth-order valence-corrected chi connectivity index (χ4v) is 2.44. The molecule has 19 heavy (non-hydrogen) atoms. The van der Waals surface area contributed by atoms with Gasteiger partial charge in [0, 0.05) is 12.0 Å². The Morgan fingerprint density at radius 2 is 2.37 bits per heavy atom. The molecule has 1 unspecified atom stereocenters. The summed E-state index contributed by atoms with van der Waals surface area (Å²) in [5.41, 5.74) is 1.08. The first kappa shape index (κ1) is 12.2. The Balaban J connectivity index is 1.92. The van der Waals surface area contributed by atoms with E-state index in [1.807, 2.05) is 36.0 Å². The average Bonchev–Trinajstić information content (AvgIpc) is 2.82. The van der Waals surface area contributed by atoms with Crippen molar-refractivity contribution in [1.29, 1.82) is 0 Å². The van der Waals surface area contributed by atoms with Gasteiger partial charge in [-0.15, -0.1) is 0 Å². The molecule has 0 amide bonds. The lowest BCUT2D eigenvalue weighted by Crippen LogP contribution is -2.18. The Hall–Kier alpha value is -1.81. The lowest BCUT2D eigenvalue weighted by molar-refractivity contribution is -0.0366. The molecule has 100 valence electrons. The predicted octanol–water partition coefficient (Wildman–Crippen LogP) is 3.65. The van der Waals surface area contributed by atoms with Crippen LogP contribution < -0.4 is 4.74 Å². The Morgan fingerprint density at radius 1 is 1.47 bits per heavy atom. The van der Waals surface area contributed by atoms with E-state index in [1.54, 1.807) is 0 Å². The van der Waals surface area contributed by atoms with Crippen LogP contribution in [0.15, 0.2) is 36.7 Å². The van der Waals surface area contributed by atoms with Gasteiger partial charge in [0.25, 0.3) is 0 Å². The zero-order valence-electron chi connectivity index (χ0n) is 11.1. The number of benzene rings is 1. The smallest absolute Gasteiger partial charge is 0.150 e. The van der Waals surface area contributed by atoms with Gasteiger partial charge in [0.2, 0.25) is 0 Å². The molecule has 2 heterocycles. The van der Waals surface area contributed by atoms with Crippen molar-refractivity contribution in [2.24, 2.45) is 0 Å². The fraction of sp³-hybridized carbons (Fsp3) is 0.400. The number of hydrogen-bond donors (Lipinski definition) is 0. The molecule has 1 aromatic carbocycles. The maximum atomic E-state index is 5.78. The molecule has 1 atom stereocenters. The summed E-state index contributed by atoms with van der Waals surface area (Å²) in [5, 5.41) is 5.52. The van der Waals surface area contributed by atoms with Crippen molar-refractivity contribution >= 4 is 10.9 Å². The zero-order valence-corrected chi connectivity index (χ0v) is 11.1. The maximum Gasteiger partial charge on any atom is 0.150 e. The molecule has 2 aromatic rings. The number of fused-ring (bicyclic) bond motifs is 1. The normalized spacial score (nSPS) is 19.5. The second kappa shape index (κ2) is 5.05. The van der Waals surface area contributed by atoms with Crippen LogP contribution in [0.1, 0.15) is 32.4 Å². The van der Waals surface area contributed by atoms with E-state index in [4.69, 9.17) is 9.47 Å². The standard InChI is InChI=1S/C15H18N2O2/c1-11(2)19-13-6-7-14-12(9-13)10-16-17(14)15-5-3-4-8-18-15/h6-7,9-10,15H,1,3-5,8H2,2H3. The third-order valence-corrected chi connectivity index (χ3v) is 3.29. The Morgan fingerprint density at radius 3 is 3.11 bits per heavy atom. The topological polar surface area (TPSA) is 36.3 Å². The minimum Gasteiger partial charge on any atom is -0.463 e. The van der Waals surface area contributed by atoms with Crippen LogP contribution in [0.4, 0.5) is 0 Å². The molecule has 0 bridgehead atoms. The third-order valence-electron chi connectivity index (χ3n) is 3.29. The SMILES string of the molecule is C=C(C)Oc1ccc2c(cnn2C2CCCCO2)c1. The van der Waals surface area contributed by atoms with Crippen molar-refractivity contribution in [3.05, 3.63) is 36.7 Å². The van der Waals surface area contributed by atoms with Crippen LogP contribution in [-0.4, -0.2) is 16.4 Å². The molecule has 1 fully saturated rings. The zero-order chi connectivity index (χ0) is 13.2. The van der Waals surface area contributed by atoms with Gasteiger partial charge in [-0.05, 0) is 44.4 Å². The van der Waals surface area contributed by atoms with Gasteiger partial charge in [-0.1, -0.05) is 6.58 Å². The van der Waals surface area contributed by atoms with Gasteiger partial charge in [0.15, 0.2) is 6.23 Å². The average molecular weight is 258 g/mol. The first-order valence-corrected chi connectivity index (χ1v) is 6.66. The van der Waals surface area contributed by atoms with E-state index >= 15 is 0 Å². The van der Waals surface area contributed by atoms with Crippen LogP contribution in [0.25, 0.3) is 10.9 Å². The molecular formula is C15H18N2O2. The number of rotatable bonds is 3. The van der Waals surface area contributed by atoms with E-state index < -0.39 is 0 Å². The van der Waals surface area contributed by atoms with Crippen molar-refractivity contribution in [1.82, 2.24) is 9.78 Å². The van der Waals surface area contributed by atoms with Gasteiger partial charge in [-0.25, -0.2) is 4.68 Å². The summed E-state index contributed by atoms with van der Waals surface area (Å²) in [6, 6.07) is 5.95. The van der Waals surface area contributed by atoms with Gasteiger partial charge in [-0.3, -0.25) is 0 Å². The minimum absolute atomic E-state index is 0.0687. The number of nitrogens with zero attached hydrogens (tertiary/aromatic N) is 2. The van der Waals surface area contributed by atoms with Crippen LogP contribution in [0.2, 0.25) is 0 Å². The number of ether oxygens (including phenoxy) is 2. The van der Waals surface area contributed by atoms with Crippen molar-refractivity contribution in [2.75, 3.05) is 6.61 Å². The summed E-state index contributed by atoms with van der Waals surface area (Å²) in [4.78, 5) is 0. The molecule has 0 saturated carbocycles. The van der Waals surface area contributed by atoms with Gasteiger partial charge < -0.3 is 9.47 Å². The lowest BCUT2D eigenvalue weighted by Gasteiger charge is -2.23. The van der Waals surface area contributed by atoms with E-state index in [9.17, 15) is 0 Å². The third kappa shape index (κ3) is 2.49. The monoisotopic (exact) mass is 258 g/mol. The maximum absolute atomic E-state index is 5.78. The molecule has 1 aliphatic heterocycles. The Bertz CT molecular complexity index is 597. The number of aromatic nitrogens is 2. The number of hydrogen-bond acceptors (Lipinski definition) is 3. The predicted molar refractivity (Wildman–Crippen MR) is 74.0 cm³/mol. The molecule has 0 radical (unpaired) electrons. The molecule has 1 aromatic heterocycles. The van der Waals surface area contributed by atoms with Crippen LogP contribution in [0.5, 0.6) is 5.75 Å². The highest BCUT2D eigenvalue weighted by Gasteiger charge is 2.18. The number of allylic oxidation sites excluding steroid dienone is 1. The molecule has 1 saturated heterocycles. The van der Waals surface area contributed by atoms with Crippen molar-refractivity contribution < 1.29 is 9.47 Å². The van der Waals surface area contributed by atoms with Crippen LogP contribution in [0.3, 0.4) is 0 Å². The van der Waals surface area contributed by atoms with Gasteiger partial charge in [0.05, 0.1) is 17.5 Å². The quantitative estimate of drug-likeness (QED) is 0.788. The van der Waals surface area contributed by atoms with Crippen molar-refractivity contribution in [3.8, 4) is 5.75 Å². The molecule has 4 heteroatoms. The molecule has 4 nitrogen and oxygen atoms in total. The molecule has 0 spiro atoms. The largest absolute Gasteiger partial charge is 0.463 e. The summed E-state index contributed by atoms with van der Waals surface area (Å²) < 4.78 is 13.3. The Labute approximate surface area is 112 Å². The van der Waals surface area contributed by atoms with E-state index in [1.165, 1.54) is 6.42 Å². The highest BCUT2D eigenvalue weighted by Crippen LogP contribution is 2.28. The molecule has 0 N–H and O–H groups in total. The highest BCUT2D eigenvalue weighted by molar-refractivity contribution is 5.80. The summed E-state index contributed by atoms with van der Waals surface area (Å²) in [6.07, 6.45) is 5.30.